The first-order valence-electron chi connectivity index (χ1n) is 12.4. The highest BCUT2D eigenvalue weighted by Crippen LogP contribution is 2.46. The van der Waals surface area contributed by atoms with E-state index in [0.717, 1.165) is 16.7 Å². The van der Waals surface area contributed by atoms with Crippen molar-refractivity contribution in [3.63, 3.8) is 0 Å². The maximum Gasteiger partial charge on any atom is 0.315 e. The van der Waals surface area contributed by atoms with Crippen molar-refractivity contribution in [1.82, 2.24) is 15.5 Å². The van der Waals surface area contributed by atoms with E-state index in [1.165, 1.54) is 0 Å². The Labute approximate surface area is 218 Å². The fourth-order valence-corrected chi connectivity index (χ4v) is 5.08. The number of amides is 3. The summed E-state index contributed by atoms with van der Waals surface area (Å²) in [5, 5.41) is 27.8. The third-order valence-electron chi connectivity index (χ3n) is 7.25. The van der Waals surface area contributed by atoms with Gasteiger partial charge in [-0.15, -0.1) is 0 Å². The van der Waals surface area contributed by atoms with E-state index in [9.17, 15) is 19.8 Å². The molecule has 1 unspecified atom stereocenters. The van der Waals surface area contributed by atoms with Gasteiger partial charge in [0.1, 0.15) is 6.04 Å². The van der Waals surface area contributed by atoms with Crippen LogP contribution in [0.3, 0.4) is 0 Å². The second-order valence-electron chi connectivity index (χ2n) is 10.7. The van der Waals surface area contributed by atoms with Gasteiger partial charge in [-0.2, -0.15) is 0 Å². The van der Waals surface area contributed by atoms with Crippen molar-refractivity contribution in [3.05, 3.63) is 70.2 Å². The molecule has 0 aromatic heterocycles. The predicted molar refractivity (Wildman–Crippen MR) is 141 cm³/mol. The monoisotopic (exact) mass is 515 g/mol. The Bertz CT molecular complexity index is 1070. The molecular formula is C28H38ClN3O4. The number of aliphatic hydroxyl groups is 2. The highest BCUT2D eigenvalue weighted by molar-refractivity contribution is 6.30. The first-order valence-corrected chi connectivity index (χ1v) is 12.8. The van der Waals surface area contributed by atoms with Crippen LogP contribution in [0.15, 0.2) is 48.5 Å². The maximum atomic E-state index is 13.5. The SMILES string of the molecule is CC(O)c1ccccc1CNC(=O)N[C@@H](C(=O)N1CC[C@](O)(c2ccc(Cl)cc2)C(C)(C)C1)C(C)C. The van der Waals surface area contributed by atoms with Crippen molar-refractivity contribution in [2.45, 2.75) is 65.3 Å². The van der Waals surface area contributed by atoms with Crippen LogP contribution in [0.1, 0.15) is 63.8 Å². The van der Waals surface area contributed by atoms with Gasteiger partial charge in [-0.25, -0.2) is 4.79 Å². The van der Waals surface area contributed by atoms with Gasteiger partial charge in [0.2, 0.25) is 5.91 Å². The molecule has 3 atom stereocenters. The molecule has 1 aliphatic rings. The summed E-state index contributed by atoms with van der Waals surface area (Å²) in [7, 11) is 0. The molecule has 7 nitrogen and oxygen atoms in total. The lowest BCUT2D eigenvalue weighted by atomic mass is 9.66. The normalized spacial score (nSPS) is 21.1. The number of carbonyl (C=O) groups excluding carboxylic acids is 2. The van der Waals surface area contributed by atoms with Gasteiger partial charge >= 0.3 is 6.03 Å². The Balaban J connectivity index is 1.67. The number of benzene rings is 2. The number of halogens is 1. The first kappa shape index (κ1) is 28.0. The average molecular weight is 516 g/mol. The van der Waals surface area contributed by atoms with Crippen LogP contribution in [0.5, 0.6) is 0 Å². The van der Waals surface area contributed by atoms with E-state index in [1.807, 2.05) is 64.1 Å². The summed E-state index contributed by atoms with van der Waals surface area (Å²) in [4.78, 5) is 28.0. The Morgan fingerprint density at radius 3 is 2.31 bits per heavy atom. The number of carbonyl (C=O) groups is 2. The number of likely N-dealkylation sites (tertiary alicyclic amines) is 1. The van der Waals surface area contributed by atoms with Crippen LogP contribution in [0.25, 0.3) is 0 Å². The lowest BCUT2D eigenvalue weighted by Gasteiger charge is -2.51. The number of nitrogens with zero attached hydrogens (tertiary/aromatic N) is 1. The van der Waals surface area contributed by atoms with E-state index in [2.05, 4.69) is 10.6 Å². The predicted octanol–water partition coefficient (Wildman–Crippen LogP) is 4.36. The highest BCUT2D eigenvalue weighted by atomic mass is 35.5. The minimum atomic E-state index is -1.11. The molecular weight excluding hydrogens is 478 g/mol. The molecule has 36 heavy (non-hydrogen) atoms. The largest absolute Gasteiger partial charge is 0.389 e. The zero-order valence-electron chi connectivity index (χ0n) is 21.7. The van der Waals surface area contributed by atoms with Crippen molar-refractivity contribution in [3.8, 4) is 0 Å². The molecule has 8 heteroatoms. The highest BCUT2D eigenvalue weighted by Gasteiger charge is 2.50. The number of urea groups is 1. The number of hydrogen-bond acceptors (Lipinski definition) is 4. The number of hydrogen-bond donors (Lipinski definition) is 4. The molecule has 0 spiro atoms. The van der Waals surface area contributed by atoms with E-state index in [1.54, 1.807) is 24.0 Å². The molecule has 196 valence electrons. The van der Waals surface area contributed by atoms with Gasteiger partial charge in [0.15, 0.2) is 0 Å². The van der Waals surface area contributed by atoms with Crippen molar-refractivity contribution in [2.24, 2.45) is 11.3 Å². The molecule has 0 bridgehead atoms. The molecule has 1 aliphatic heterocycles. The second-order valence-corrected chi connectivity index (χ2v) is 11.1. The zero-order chi connectivity index (χ0) is 26.7. The van der Waals surface area contributed by atoms with Gasteiger partial charge in [-0.1, -0.05) is 75.7 Å². The van der Waals surface area contributed by atoms with Gasteiger partial charge in [0.05, 0.1) is 11.7 Å². The first-order chi connectivity index (χ1) is 16.9. The van der Waals surface area contributed by atoms with Crippen molar-refractivity contribution >= 4 is 23.5 Å². The molecule has 0 saturated carbocycles. The molecule has 0 radical (unpaired) electrons. The number of rotatable bonds is 7. The minimum Gasteiger partial charge on any atom is -0.389 e. The fraction of sp³-hybridized carbons (Fsp3) is 0.500. The Hall–Kier alpha value is -2.61. The molecule has 1 fully saturated rings. The topological polar surface area (TPSA) is 102 Å². The summed E-state index contributed by atoms with van der Waals surface area (Å²) in [6, 6.07) is 13.4. The van der Waals surface area contributed by atoms with Crippen LogP contribution in [0.4, 0.5) is 4.79 Å². The van der Waals surface area contributed by atoms with E-state index in [-0.39, 0.29) is 18.4 Å². The van der Waals surface area contributed by atoms with Gasteiger partial charge in [0.25, 0.3) is 0 Å². The van der Waals surface area contributed by atoms with Crippen LogP contribution in [0, 0.1) is 11.3 Å². The second kappa shape index (κ2) is 11.2. The van der Waals surface area contributed by atoms with Crippen LogP contribution < -0.4 is 10.6 Å². The fourth-order valence-electron chi connectivity index (χ4n) is 4.95. The third-order valence-corrected chi connectivity index (χ3v) is 7.50. The van der Waals surface area contributed by atoms with Gasteiger partial charge in [-0.05, 0) is 48.1 Å². The number of piperidine rings is 1. The van der Waals surface area contributed by atoms with Crippen molar-refractivity contribution in [1.29, 1.82) is 0 Å². The Kier molecular flexibility index (Phi) is 8.70. The molecule has 1 heterocycles. The van der Waals surface area contributed by atoms with E-state index < -0.39 is 29.2 Å². The smallest absolute Gasteiger partial charge is 0.315 e. The Morgan fingerprint density at radius 2 is 1.72 bits per heavy atom. The molecule has 4 N–H and O–H groups in total. The lowest BCUT2D eigenvalue weighted by Crippen LogP contribution is -2.61. The average Bonchev–Trinajstić information content (AvgIpc) is 2.82. The van der Waals surface area contributed by atoms with Crippen molar-refractivity contribution in [2.75, 3.05) is 13.1 Å². The molecule has 1 saturated heterocycles. The third kappa shape index (κ3) is 6.02. The summed E-state index contributed by atoms with van der Waals surface area (Å²) in [6.07, 6.45) is -0.273. The summed E-state index contributed by atoms with van der Waals surface area (Å²) in [6.45, 7) is 10.3. The number of aliphatic hydroxyl groups excluding tert-OH is 1. The minimum absolute atomic E-state index is 0.131. The zero-order valence-corrected chi connectivity index (χ0v) is 22.5. The summed E-state index contributed by atoms with van der Waals surface area (Å²) < 4.78 is 0. The summed E-state index contributed by atoms with van der Waals surface area (Å²) in [5.41, 5.74) is 0.610. The van der Waals surface area contributed by atoms with E-state index in [4.69, 9.17) is 11.6 Å². The van der Waals surface area contributed by atoms with E-state index in [0.29, 0.717) is 24.5 Å². The van der Waals surface area contributed by atoms with Crippen LogP contribution in [-0.4, -0.2) is 46.2 Å². The van der Waals surface area contributed by atoms with Crippen molar-refractivity contribution < 1.29 is 19.8 Å². The number of nitrogens with one attached hydrogen (secondary N) is 2. The summed E-state index contributed by atoms with van der Waals surface area (Å²) >= 11 is 6.03. The van der Waals surface area contributed by atoms with Crippen LogP contribution in [-0.2, 0) is 16.9 Å². The molecule has 2 aromatic carbocycles. The lowest BCUT2D eigenvalue weighted by molar-refractivity contribution is -0.155. The standard InChI is InChI=1S/C28H38ClN3O4/c1-18(2)24(31-26(35)30-16-20-8-6-7-9-23(20)19(3)33)25(34)32-15-14-28(36,27(4,5)17-32)21-10-12-22(29)13-11-21/h6-13,18-19,24,33,36H,14-17H2,1-5H3,(H2,30,31,35)/t19?,24-,28+/m1/s1. The van der Waals surface area contributed by atoms with Crippen LogP contribution >= 0.6 is 11.6 Å². The summed E-state index contributed by atoms with van der Waals surface area (Å²) in [5.74, 6) is -0.302. The van der Waals surface area contributed by atoms with Crippen LogP contribution in [0.2, 0.25) is 5.02 Å². The maximum absolute atomic E-state index is 13.5. The quantitative estimate of drug-likeness (QED) is 0.440. The Morgan fingerprint density at radius 1 is 1.08 bits per heavy atom. The van der Waals surface area contributed by atoms with Gasteiger partial charge < -0.3 is 25.7 Å². The van der Waals surface area contributed by atoms with Gasteiger partial charge in [-0.3, -0.25) is 4.79 Å². The molecule has 3 rings (SSSR count). The van der Waals surface area contributed by atoms with E-state index >= 15 is 0 Å². The molecule has 0 aliphatic carbocycles. The molecule has 3 amide bonds. The molecule has 2 aromatic rings. The van der Waals surface area contributed by atoms with Gasteiger partial charge in [0, 0.05) is 30.1 Å².